The lowest BCUT2D eigenvalue weighted by Crippen LogP contribution is -2.17. The van der Waals surface area contributed by atoms with Crippen molar-refractivity contribution in [2.45, 2.75) is 46.5 Å². The van der Waals surface area contributed by atoms with Gasteiger partial charge in [-0.1, -0.05) is 33.6 Å². The first-order chi connectivity index (χ1) is 5.52. The van der Waals surface area contributed by atoms with Crippen LogP contribution in [-0.2, 0) is 9.53 Å². The number of unbranched alkanes of at least 4 members (excludes halogenated alkanes) is 1. The number of hydrogen-bond acceptors (Lipinski definition) is 2. The van der Waals surface area contributed by atoms with Crippen molar-refractivity contribution in [2.75, 3.05) is 7.11 Å². The van der Waals surface area contributed by atoms with Crippen LogP contribution in [0.15, 0.2) is 0 Å². The quantitative estimate of drug-likeness (QED) is 0.596. The summed E-state index contributed by atoms with van der Waals surface area (Å²) in [6.45, 7) is 6.38. The molecule has 2 nitrogen and oxygen atoms in total. The molecule has 0 heterocycles. The topological polar surface area (TPSA) is 26.3 Å². The summed E-state index contributed by atoms with van der Waals surface area (Å²) >= 11 is 0. The fourth-order valence-corrected chi connectivity index (χ4v) is 1.21. The molecule has 72 valence electrons. The maximum absolute atomic E-state index is 11.0. The molecule has 0 fully saturated rings. The summed E-state index contributed by atoms with van der Waals surface area (Å²) in [7, 11) is 1.44. The molecule has 0 bridgehead atoms. The zero-order chi connectivity index (χ0) is 9.61. The highest BCUT2D eigenvalue weighted by Crippen LogP contribution is 2.27. The molecule has 0 amide bonds. The van der Waals surface area contributed by atoms with E-state index in [-0.39, 0.29) is 11.4 Å². The van der Waals surface area contributed by atoms with Gasteiger partial charge in [-0.25, -0.2) is 0 Å². The van der Waals surface area contributed by atoms with Crippen LogP contribution in [0.4, 0.5) is 0 Å². The second-order valence-electron chi connectivity index (χ2n) is 4.02. The Bertz CT molecular complexity index is 139. The fourth-order valence-electron chi connectivity index (χ4n) is 1.21. The highest BCUT2D eigenvalue weighted by Gasteiger charge is 2.21. The van der Waals surface area contributed by atoms with Crippen molar-refractivity contribution in [3.05, 3.63) is 0 Å². The van der Waals surface area contributed by atoms with Crippen LogP contribution >= 0.6 is 0 Å². The summed E-state index contributed by atoms with van der Waals surface area (Å²) in [5.41, 5.74) is 0.100. The molecule has 0 radical (unpaired) electrons. The summed E-state index contributed by atoms with van der Waals surface area (Å²) in [5, 5.41) is 0. The average Bonchev–Trinajstić information content (AvgIpc) is 2.00. The Morgan fingerprint density at radius 2 is 2.00 bits per heavy atom. The Balaban J connectivity index is 3.77. The van der Waals surface area contributed by atoms with Crippen LogP contribution in [0.1, 0.15) is 46.5 Å². The Kier molecular flexibility index (Phi) is 4.95. The van der Waals surface area contributed by atoms with Gasteiger partial charge in [0.05, 0.1) is 13.5 Å². The van der Waals surface area contributed by atoms with Gasteiger partial charge >= 0.3 is 5.97 Å². The minimum absolute atomic E-state index is 0.100. The molecule has 0 N–H and O–H groups in total. The molecule has 0 spiro atoms. The molecule has 0 unspecified atom stereocenters. The van der Waals surface area contributed by atoms with E-state index in [1.165, 1.54) is 20.0 Å². The van der Waals surface area contributed by atoms with E-state index in [0.29, 0.717) is 6.42 Å². The third-order valence-corrected chi connectivity index (χ3v) is 2.06. The monoisotopic (exact) mass is 172 g/mol. The Morgan fingerprint density at radius 1 is 1.42 bits per heavy atom. The van der Waals surface area contributed by atoms with Gasteiger partial charge in [-0.2, -0.15) is 0 Å². The fraction of sp³-hybridized carbons (Fsp3) is 0.900. The number of carbonyl (C=O) groups excluding carboxylic acids is 1. The van der Waals surface area contributed by atoms with Crippen molar-refractivity contribution in [3.8, 4) is 0 Å². The standard InChI is InChI=1S/C10H20O2/c1-5-6-7-10(2,3)8-9(11)12-4/h5-8H2,1-4H3. The minimum atomic E-state index is -0.101. The molecule has 0 saturated carbocycles. The molecule has 0 rings (SSSR count). The normalized spacial score (nSPS) is 11.3. The number of rotatable bonds is 5. The second kappa shape index (κ2) is 5.18. The predicted molar refractivity (Wildman–Crippen MR) is 49.9 cm³/mol. The molecule has 0 aromatic rings. The summed E-state index contributed by atoms with van der Waals surface area (Å²) in [4.78, 5) is 11.0. The smallest absolute Gasteiger partial charge is 0.306 e. The number of carbonyl (C=O) groups is 1. The first-order valence-corrected chi connectivity index (χ1v) is 4.58. The molecule has 0 aromatic heterocycles. The third-order valence-electron chi connectivity index (χ3n) is 2.06. The van der Waals surface area contributed by atoms with Crippen molar-refractivity contribution in [1.29, 1.82) is 0 Å². The van der Waals surface area contributed by atoms with Crippen molar-refractivity contribution in [3.63, 3.8) is 0 Å². The van der Waals surface area contributed by atoms with E-state index in [1.807, 2.05) is 0 Å². The lowest BCUT2D eigenvalue weighted by atomic mass is 9.84. The van der Waals surface area contributed by atoms with Crippen molar-refractivity contribution in [1.82, 2.24) is 0 Å². The molecule has 2 heteroatoms. The highest BCUT2D eigenvalue weighted by molar-refractivity contribution is 5.69. The molecule has 0 aliphatic heterocycles. The van der Waals surface area contributed by atoms with E-state index in [2.05, 4.69) is 25.5 Å². The van der Waals surface area contributed by atoms with Crippen molar-refractivity contribution < 1.29 is 9.53 Å². The van der Waals surface area contributed by atoms with Crippen LogP contribution in [0.5, 0.6) is 0 Å². The second-order valence-corrected chi connectivity index (χ2v) is 4.02. The third kappa shape index (κ3) is 5.16. The van der Waals surface area contributed by atoms with Gasteiger partial charge in [0.2, 0.25) is 0 Å². The maximum Gasteiger partial charge on any atom is 0.306 e. The van der Waals surface area contributed by atoms with Gasteiger partial charge in [0.1, 0.15) is 0 Å². The molecular formula is C10H20O2. The van der Waals surface area contributed by atoms with E-state index in [9.17, 15) is 4.79 Å². The van der Waals surface area contributed by atoms with Crippen LogP contribution in [-0.4, -0.2) is 13.1 Å². The average molecular weight is 172 g/mol. The van der Waals surface area contributed by atoms with Crippen LogP contribution in [0.2, 0.25) is 0 Å². The van der Waals surface area contributed by atoms with Crippen LogP contribution < -0.4 is 0 Å². The first kappa shape index (κ1) is 11.5. The van der Waals surface area contributed by atoms with Gasteiger partial charge < -0.3 is 4.74 Å². The van der Waals surface area contributed by atoms with Crippen LogP contribution in [0.3, 0.4) is 0 Å². The Morgan fingerprint density at radius 3 is 2.42 bits per heavy atom. The minimum Gasteiger partial charge on any atom is -0.469 e. The zero-order valence-electron chi connectivity index (χ0n) is 8.64. The largest absolute Gasteiger partial charge is 0.469 e. The number of esters is 1. The summed E-state index contributed by atoms with van der Waals surface area (Å²) in [6, 6.07) is 0. The van der Waals surface area contributed by atoms with Crippen LogP contribution in [0.25, 0.3) is 0 Å². The maximum atomic E-state index is 11.0. The molecular weight excluding hydrogens is 152 g/mol. The lowest BCUT2D eigenvalue weighted by molar-refractivity contribution is -0.143. The van der Waals surface area contributed by atoms with Crippen molar-refractivity contribution >= 4 is 5.97 Å². The number of hydrogen-bond donors (Lipinski definition) is 0. The summed E-state index contributed by atoms with van der Waals surface area (Å²) < 4.78 is 4.63. The van der Waals surface area contributed by atoms with Gasteiger partial charge in [-0.15, -0.1) is 0 Å². The Hall–Kier alpha value is -0.530. The zero-order valence-corrected chi connectivity index (χ0v) is 8.64. The molecule has 0 aliphatic carbocycles. The molecule has 0 aliphatic rings. The van der Waals surface area contributed by atoms with Gasteiger partial charge in [0, 0.05) is 0 Å². The van der Waals surface area contributed by atoms with E-state index in [1.54, 1.807) is 0 Å². The molecule has 0 atom stereocenters. The SMILES string of the molecule is CCCCC(C)(C)CC(=O)OC. The van der Waals surface area contributed by atoms with E-state index >= 15 is 0 Å². The van der Waals surface area contributed by atoms with Gasteiger partial charge in [0.25, 0.3) is 0 Å². The van der Waals surface area contributed by atoms with E-state index in [4.69, 9.17) is 0 Å². The number of ether oxygens (including phenoxy) is 1. The molecule has 12 heavy (non-hydrogen) atoms. The van der Waals surface area contributed by atoms with E-state index in [0.717, 1.165) is 6.42 Å². The van der Waals surface area contributed by atoms with Crippen molar-refractivity contribution in [2.24, 2.45) is 5.41 Å². The van der Waals surface area contributed by atoms with Gasteiger partial charge in [0.15, 0.2) is 0 Å². The summed E-state index contributed by atoms with van der Waals surface area (Å²) in [6.07, 6.45) is 4.00. The van der Waals surface area contributed by atoms with Crippen LogP contribution in [0, 0.1) is 5.41 Å². The summed E-state index contributed by atoms with van der Waals surface area (Å²) in [5.74, 6) is -0.101. The lowest BCUT2D eigenvalue weighted by Gasteiger charge is -2.22. The number of methoxy groups -OCH3 is 1. The Labute approximate surface area is 75.3 Å². The highest BCUT2D eigenvalue weighted by atomic mass is 16.5. The van der Waals surface area contributed by atoms with E-state index < -0.39 is 0 Å². The van der Waals surface area contributed by atoms with Gasteiger partial charge in [-0.3, -0.25) is 4.79 Å². The molecule has 0 saturated heterocycles. The first-order valence-electron chi connectivity index (χ1n) is 4.58. The van der Waals surface area contributed by atoms with Gasteiger partial charge in [-0.05, 0) is 11.8 Å². The predicted octanol–water partition coefficient (Wildman–Crippen LogP) is 2.77. The molecule has 0 aromatic carbocycles.